The first-order valence-corrected chi connectivity index (χ1v) is 11.6. The van der Waals surface area contributed by atoms with Gasteiger partial charge in [-0.25, -0.2) is 9.69 Å². The molecule has 10 heteroatoms. The lowest BCUT2D eigenvalue weighted by Crippen LogP contribution is -2.27. The number of rotatable bonds is 8. The fourth-order valence-corrected chi connectivity index (χ4v) is 4.28. The number of thioether (sulfide) groups is 1. The van der Waals surface area contributed by atoms with Crippen LogP contribution in [-0.4, -0.2) is 36.9 Å². The van der Waals surface area contributed by atoms with Gasteiger partial charge < -0.3 is 14.2 Å². The molecule has 168 valence electrons. The maximum absolute atomic E-state index is 12.9. The molecule has 0 bridgehead atoms. The van der Waals surface area contributed by atoms with Crippen molar-refractivity contribution in [2.45, 2.75) is 13.8 Å². The summed E-state index contributed by atoms with van der Waals surface area (Å²) in [5.41, 5.74) is 1.01. The maximum Gasteiger partial charge on any atom is 0.344 e. The molecule has 1 aliphatic heterocycles. The van der Waals surface area contributed by atoms with Crippen LogP contribution in [0.5, 0.6) is 11.5 Å². The molecule has 7 nitrogen and oxygen atoms in total. The van der Waals surface area contributed by atoms with Crippen molar-refractivity contribution in [2.75, 3.05) is 24.7 Å². The number of imide groups is 1. The minimum Gasteiger partial charge on any atom is -0.490 e. The van der Waals surface area contributed by atoms with Crippen molar-refractivity contribution in [1.82, 2.24) is 0 Å². The van der Waals surface area contributed by atoms with Crippen molar-refractivity contribution in [3.63, 3.8) is 0 Å². The number of halogens is 2. The normalized spacial score (nSPS) is 14.8. The summed E-state index contributed by atoms with van der Waals surface area (Å²) in [5, 5.41) is 0.00657. The number of esters is 1. The zero-order valence-corrected chi connectivity index (χ0v) is 20.4. The average molecular weight is 541 g/mol. The van der Waals surface area contributed by atoms with Gasteiger partial charge in [0.2, 0.25) is 0 Å². The summed E-state index contributed by atoms with van der Waals surface area (Å²) in [5.74, 6) is -0.212. The van der Waals surface area contributed by atoms with E-state index in [0.29, 0.717) is 38.9 Å². The fraction of sp³-hybridized carbons (Fsp3) is 0.227. The van der Waals surface area contributed by atoms with Crippen LogP contribution >= 0.6 is 39.3 Å². The Balaban J connectivity index is 1.89. The lowest BCUT2D eigenvalue weighted by atomic mass is 10.1. The summed E-state index contributed by atoms with van der Waals surface area (Å²) >= 11 is 10.3. The fourth-order valence-electron chi connectivity index (χ4n) is 2.83. The number of hydrogen-bond donors (Lipinski definition) is 0. The molecule has 32 heavy (non-hydrogen) atoms. The van der Waals surface area contributed by atoms with Crippen LogP contribution in [0.3, 0.4) is 0 Å². The zero-order valence-electron chi connectivity index (χ0n) is 17.2. The molecule has 0 spiro atoms. The Morgan fingerprint density at radius 2 is 1.88 bits per heavy atom. The van der Waals surface area contributed by atoms with E-state index >= 15 is 0 Å². The SMILES string of the molecule is CCOC(=O)COc1cc(Br)c(/C=C2/SC(=O)N(c3cccc(Cl)c3)C2=O)cc1OCC. The standard InChI is InChI=1S/C22H19BrClNO6S/c1-3-29-17-8-13(16(23)11-18(17)31-12-20(26)30-4-2)9-19-21(27)25(22(28)32-19)15-7-5-6-14(24)10-15/h5-11H,3-4,12H2,1-2H3/b19-9+. The molecule has 2 aromatic carbocycles. The van der Waals surface area contributed by atoms with Crippen molar-refractivity contribution in [2.24, 2.45) is 0 Å². The van der Waals surface area contributed by atoms with Crippen LogP contribution in [0.1, 0.15) is 19.4 Å². The summed E-state index contributed by atoms with van der Waals surface area (Å²) in [7, 11) is 0. The first-order chi connectivity index (χ1) is 15.3. The molecule has 3 rings (SSSR count). The predicted octanol–water partition coefficient (Wildman–Crippen LogP) is 5.68. The molecule has 2 amide bonds. The van der Waals surface area contributed by atoms with E-state index in [2.05, 4.69) is 15.9 Å². The second kappa shape index (κ2) is 10.9. The molecule has 0 saturated carbocycles. The van der Waals surface area contributed by atoms with E-state index in [0.717, 1.165) is 16.7 Å². The topological polar surface area (TPSA) is 82.1 Å². The smallest absolute Gasteiger partial charge is 0.344 e. The quantitative estimate of drug-likeness (QED) is 0.314. The molecule has 1 fully saturated rings. The highest BCUT2D eigenvalue weighted by atomic mass is 79.9. The van der Waals surface area contributed by atoms with Crippen LogP contribution in [0.15, 0.2) is 45.8 Å². The minimum absolute atomic E-state index is 0.248. The molecular weight excluding hydrogens is 522 g/mol. The molecule has 0 atom stereocenters. The largest absolute Gasteiger partial charge is 0.490 e. The van der Waals surface area contributed by atoms with E-state index in [1.54, 1.807) is 49.4 Å². The maximum atomic E-state index is 12.9. The molecule has 2 aromatic rings. The molecule has 0 aromatic heterocycles. The van der Waals surface area contributed by atoms with Gasteiger partial charge in [0.1, 0.15) is 0 Å². The Bertz CT molecular complexity index is 1090. The summed E-state index contributed by atoms with van der Waals surface area (Å²) in [6.45, 7) is 3.88. The molecule has 0 N–H and O–H groups in total. The van der Waals surface area contributed by atoms with Crippen LogP contribution < -0.4 is 14.4 Å². The number of anilines is 1. The van der Waals surface area contributed by atoms with Crippen LogP contribution in [-0.2, 0) is 14.3 Å². The van der Waals surface area contributed by atoms with E-state index in [1.165, 1.54) is 0 Å². The van der Waals surface area contributed by atoms with Gasteiger partial charge in [-0.2, -0.15) is 0 Å². The Labute approximate surface area is 202 Å². The average Bonchev–Trinajstić information content (AvgIpc) is 3.02. The summed E-state index contributed by atoms with van der Waals surface area (Å²) < 4.78 is 16.6. The lowest BCUT2D eigenvalue weighted by Gasteiger charge is -2.14. The summed E-state index contributed by atoms with van der Waals surface area (Å²) in [6.07, 6.45) is 1.59. The van der Waals surface area contributed by atoms with Crippen LogP contribution in [0.25, 0.3) is 6.08 Å². The predicted molar refractivity (Wildman–Crippen MR) is 127 cm³/mol. The Kier molecular flexibility index (Phi) is 8.22. The van der Waals surface area contributed by atoms with Gasteiger partial charge >= 0.3 is 5.97 Å². The molecular formula is C22H19BrClNO6S. The first kappa shape index (κ1) is 24.2. The zero-order chi connectivity index (χ0) is 23.3. The highest BCUT2D eigenvalue weighted by molar-refractivity contribution is 9.10. The van der Waals surface area contributed by atoms with Gasteiger partial charge in [0.25, 0.3) is 11.1 Å². The summed E-state index contributed by atoms with van der Waals surface area (Å²) in [6, 6.07) is 9.84. The van der Waals surface area contributed by atoms with Gasteiger partial charge in [-0.1, -0.05) is 33.6 Å². The van der Waals surface area contributed by atoms with Crippen molar-refractivity contribution in [3.05, 3.63) is 56.4 Å². The number of ether oxygens (including phenoxy) is 3. The van der Waals surface area contributed by atoms with Crippen molar-refractivity contribution < 1.29 is 28.6 Å². The molecule has 1 saturated heterocycles. The van der Waals surface area contributed by atoms with Gasteiger partial charge in [0, 0.05) is 9.50 Å². The number of carbonyl (C=O) groups excluding carboxylic acids is 3. The number of benzene rings is 2. The third kappa shape index (κ3) is 5.65. The van der Waals surface area contributed by atoms with E-state index in [9.17, 15) is 14.4 Å². The molecule has 0 aliphatic carbocycles. The highest BCUT2D eigenvalue weighted by Crippen LogP contribution is 2.39. The van der Waals surface area contributed by atoms with Crippen molar-refractivity contribution >= 4 is 68.2 Å². The van der Waals surface area contributed by atoms with Crippen LogP contribution in [0, 0.1) is 0 Å². The first-order valence-electron chi connectivity index (χ1n) is 9.62. The monoisotopic (exact) mass is 539 g/mol. The highest BCUT2D eigenvalue weighted by Gasteiger charge is 2.36. The Hall–Kier alpha value is -2.49. The number of amides is 2. The second-order valence-electron chi connectivity index (χ2n) is 6.34. The van der Waals surface area contributed by atoms with Gasteiger partial charge in [0.05, 0.1) is 23.8 Å². The van der Waals surface area contributed by atoms with Crippen molar-refractivity contribution in [1.29, 1.82) is 0 Å². The van der Waals surface area contributed by atoms with Crippen LogP contribution in [0.4, 0.5) is 10.5 Å². The molecule has 1 aliphatic rings. The third-order valence-corrected chi connectivity index (χ3v) is 5.95. The molecule has 0 unspecified atom stereocenters. The van der Waals surface area contributed by atoms with Gasteiger partial charge in [-0.15, -0.1) is 0 Å². The third-order valence-electron chi connectivity index (χ3n) is 4.16. The van der Waals surface area contributed by atoms with E-state index in [-0.39, 0.29) is 18.1 Å². The minimum atomic E-state index is -0.496. The van der Waals surface area contributed by atoms with Crippen molar-refractivity contribution in [3.8, 4) is 11.5 Å². The Morgan fingerprint density at radius 3 is 2.56 bits per heavy atom. The number of nitrogens with zero attached hydrogens (tertiary/aromatic N) is 1. The number of hydrogen-bond acceptors (Lipinski definition) is 7. The summed E-state index contributed by atoms with van der Waals surface area (Å²) in [4.78, 5) is 38.3. The molecule has 0 radical (unpaired) electrons. The Morgan fingerprint density at radius 1 is 1.12 bits per heavy atom. The lowest BCUT2D eigenvalue weighted by molar-refractivity contribution is -0.145. The van der Waals surface area contributed by atoms with E-state index in [1.807, 2.05) is 6.92 Å². The van der Waals surface area contributed by atoms with Gasteiger partial charge in [0.15, 0.2) is 18.1 Å². The van der Waals surface area contributed by atoms with E-state index in [4.69, 9.17) is 25.8 Å². The van der Waals surface area contributed by atoms with Crippen LogP contribution in [0.2, 0.25) is 5.02 Å². The van der Waals surface area contributed by atoms with Gasteiger partial charge in [-0.3, -0.25) is 9.59 Å². The second-order valence-corrected chi connectivity index (χ2v) is 8.63. The van der Waals surface area contributed by atoms with Gasteiger partial charge in [-0.05, 0) is 67.6 Å². The van der Waals surface area contributed by atoms with E-state index < -0.39 is 17.1 Å². The molecule has 1 heterocycles. The number of carbonyl (C=O) groups is 3.